The van der Waals surface area contributed by atoms with E-state index in [-0.39, 0.29) is 32.7 Å². The summed E-state index contributed by atoms with van der Waals surface area (Å²) < 4.78 is 54.7. The van der Waals surface area contributed by atoms with Crippen molar-refractivity contribution in [3.63, 3.8) is 0 Å². The minimum absolute atomic E-state index is 0.0160. The van der Waals surface area contributed by atoms with E-state index in [1.54, 1.807) is 0 Å². The molecule has 1 heterocycles. The predicted molar refractivity (Wildman–Crippen MR) is 98.1 cm³/mol. The minimum Gasteiger partial charge on any atom is -0.516 e. The quantitative estimate of drug-likeness (QED) is 0.341. The van der Waals surface area contributed by atoms with E-state index in [0.29, 0.717) is 6.07 Å². The number of hydrogen-bond donors (Lipinski definition) is 3. The number of aliphatic hydroxyl groups excluding tert-OH is 1. The van der Waals surface area contributed by atoms with Gasteiger partial charge in [-0.2, -0.15) is 13.2 Å². The first kappa shape index (κ1) is 19.7. The summed E-state index contributed by atoms with van der Waals surface area (Å²) in [5, 5.41) is 8.48. The highest BCUT2D eigenvalue weighted by Crippen LogP contribution is 2.44. The van der Waals surface area contributed by atoms with Crippen molar-refractivity contribution in [2.75, 3.05) is 5.75 Å². The van der Waals surface area contributed by atoms with E-state index in [0.717, 1.165) is 30.2 Å². The van der Waals surface area contributed by atoms with Crippen LogP contribution in [0, 0.1) is 5.82 Å². The fraction of sp³-hybridized carbons (Fsp3) is 0.111. The molecule has 1 aromatic heterocycles. The molecule has 0 fully saturated rings. The fourth-order valence-corrected chi connectivity index (χ4v) is 3.75. The van der Waals surface area contributed by atoms with Crippen molar-refractivity contribution >= 4 is 22.7 Å². The smallest absolute Gasteiger partial charge is 0.417 e. The van der Waals surface area contributed by atoms with E-state index in [2.05, 4.69) is 4.98 Å². The van der Waals surface area contributed by atoms with Crippen molar-refractivity contribution in [3.05, 3.63) is 74.9 Å². The Balaban J connectivity index is 2.48. The highest BCUT2D eigenvalue weighted by atomic mass is 32.2. The largest absolute Gasteiger partial charge is 0.516 e. The number of aliphatic hydroxyl groups is 1. The van der Waals surface area contributed by atoms with Gasteiger partial charge in [-0.3, -0.25) is 9.78 Å². The topological polar surface area (TPSA) is 85.9 Å². The number of H-pyrrole nitrogens is 2. The van der Waals surface area contributed by atoms with E-state index in [1.807, 2.05) is 4.98 Å². The van der Waals surface area contributed by atoms with E-state index in [9.17, 15) is 27.2 Å². The average Bonchev–Trinajstić information content (AvgIpc) is 2.61. The van der Waals surface area contributed by atoms with Crippen LogP contribution < -0.4 is 11.2 Å². The van der Waals surface area contributed by atoms with Crippen molar-refractivity contribution in [1.82, 2.24) is 9.97 Å². The van der Waals surface area contributed by atoms with E-state index in [1.165, 1.54) is 18.2 Å². The molecular weight excluding hydrogens is 400 g/mol. The Morgan fingerprint density at radius 2 is 1.79 bits per heavy atom. The summed E-state index contributed by atoms with van der Waals surface area (Å²) in [6.07, 6.45) is -2.80. The zero-order valence-electron chi connectivity index (χ0n) is 13.9. The Morgan fingerprint density at radius 3 is 2.39 bits per heavy atom. The lowest BCUT2D eigenvalue weighted by Gasteiger charge is -2.19. The number of thioether (sulfide) groups is 1. The summed E-state index contributed by atoms with van der Waals surface area (Å²) in [5.41, 5.74) is -3.24. The van der Waals surface area contributed by atoms with Gasteiger partial charge >= 0.3 is 11.9 Å². The third kappa shape index (κ3) is 3.81. The van der Waals surface area contributed by atoms with Crippen LogP contribution in [0.2, 0.25) is 0 Å². The summed E-state index contributed by atoms with van der Waals surface area (Å²) in [4.78, 5) is 28.1. The Hall–Kier alpha value is -3.01. The molecule has 3 rings (SSSR count). The molecule has 3 N–H and O–H groups in total. The molecule has 5 nitrogen and oxygen atoms in total. The van der Waals surface area contributed by atoms with Crippen molar-refractivity contribution in [2.45, 2.75) is 11.1 Å². The number of fused-ring (bicyclic) bond motifs is 1. The molecule has 2 aromatic carbocycles. The second-order valence-electron chi connectivity index (χ2n) is 5.66. The predicted octanol–water partition coefficient (Wildman–Crippen LogP) is 4.21. The molecule has 0 bridgehead atoms. The van der Waals surface area contributed by atoms with Gasteiger partial charge in [-0.15, -0.1) is 11.8 Å². The second kappa shape index (κ2) is 7.55. The lowest BCUT2D eigenvalue weighted by molar-refractivity contribution is -0.137. The van der Waals surface area contributed by atoms with Crippen LogP contribution in [0.1, 0.15) is 5.56 Å². The lowest BCUT2D eigenvalue weighted by atomic mass is 9.97. The van der Waals surface area contributed by atoms with Gasteiger partial charge < -0.3 is 10.1 Å². The van der Waals surface area contributed by atoms with Crippen LogP contribution in [0.5, 0.6) is 0 Å². The molecule has 10 heteroatoms. The normalized spacial score (nSPS) is 12.1. The molecular formula is C18H12F4N2O3S. The van der Waals surface area contributed by atoms with Gasteiger partial charge in [-0.05, 0) is 29.8 Å². The van der Waals surface area contributed by atoms with Gasteiger partial charge in [0.05, 0.1) is 22.7 Å². The van der Waals surface area contributed by atoms with Crippen molar-refractivity contribution < 1.29 is 22.7 Å². The molecule has 0 aliphatic heterocycles. The molecule has 0 saturated carbocycles. The molecule has 0 saturated heterocycles. The number of nitrogens with one attached hydrogen (secondary N) is 2. The number of rotatable bonds is 4. The molecule has 0 amide bonds. The molecule has 28 heavy (non-hydrogen) atoms. The third-order valence-corrected chi connectivity index (χ3v) is 4.92. The van der Waals surface area contributed by atoms with Gasteiger partial charge in [0.1, 0.15) is 5.82 Å². The Bertz CT molecular complexity index is 1160. The van der Waals surface area contributed by atoms with Gasteiger partial charge in [-0.1, -0.05) is 12.1 Å². The van der Waals surface area contributed by atoms with Crippen molar-refractivity contribution in [3.8, 4) is 11.1 Å². The van der Waals surface area contributed by atoms with E-state index < -0.39 is 28.8 Å². The van der Waals surface area contributed by atoms with Crippen LogP contribution in [0.4, 0.5) is 17.6 Å². The fourth-order valence-electron chi connectivity index (χ4n) is 2.72. The number of benzene rings is 2. The Labute approximate surface area is 158 Å². The average molecular weight is 412 g/mol. The van der Waals surface area contributed by atoms with Gasteiger partial charge in [0.15, 0.2) is 0 Å². The number of hydrogen-bond acceptors (Lipinski definition) is 4. The van der Waals surface area contributed by atoms with Crippen LogP contribution in [0.3, 0.4) is 0 Å². The number of aromatic nitrogens is 2. The van der Waals surface area contributed by atoms with Crippen LogP contribution >= 0.6 is 11.8 Å². The summed E-state index contributed by atoms with van der Waals surface area (Å²) in [7, 11) is 0. The van der Waals surface area contributed by atoms with E-state index in [4.69, 9.17) is 5.11 Å². The molecule has 0 atom stereocenters. The van der Waals surface area contributed by atoms with Crippen LogP contribution in [-0.4, -0.2) is 20.8 Å². The highest BCUT2D eigenvalue weighted by Gasteiger charge is 2.36. The standard InChI is InChI=1S/C18H12F4N2O3S/c19-10-4-2-9(3-5-10)13-12(18(20,21)22)8-11-14(15(13)28-7-1-6-25)23-17(27)24-16(11)26/h1-6,8,25H,7H2,(H2,23,24,26,27)/b6-1+. The van der Waals surface area contributed by atoms with E-state index >= 15 is 0 Å². The van der Waals surface area contributed by atoms with Gasteiger partial charge in [0.2, 0.25) is 0 Å². The van der Waals surface area contributed by atoms with Crippen molar-refractivity contribution in [2.24, 2.45) is 0 Å². The first-order valence-electron chi connectivity index (χ1n) is 7.81. The summed E-state index contributed by atoms with van der Waals surface area (Å²) >= 11 is 0.884. The molecule has 0 unspecified atom stereocenters. The third-order valence-electron chi connectivity index (χ3n) is 3.86. The first-order valence-corrected chi connectivity index (χ1v) is 8.79. The van der Waals surface area contributed by atoms with Crippen LogP contribution in [0.15, 0.2) is 57.2 Å². The lowest BCUT2D eigenvalue weighted by Crippen LogP contribution is -2.23. The highest BCUT2D eigenvalue weighted by molar-refractivity contribution is 7.99. The summed E-state index contributed by atoms with van der Waals surface area (Å²) in [6.45, 7) is 0. The monoisotopic (exact) mass is 412 g/mol. The minimum atomic E-state index is -4.82. The maximum atomic E-state index is 13.8. The maximum absolute atomic E-state index is 13.8. The number of aromatic amines is 2. The SMILES string of the molecule is O=c1[nH]c(=O)c2cc(C(F)(F)F)c(-c3ccc(F)cc3)c(SC/C=C/O)c2[nH]1. The van der Waals surface area contributed by atoms with Crippen LogP contribution in [0.25, 0.3) is 22.0 Å². The Kier molecular flexibility index (Phi) is 5.32. The zero-order valence-corrected chi connectivity index (χ0v) is 14.7. The molecule has 0 radical (unpaired) electrons. The molecule has 146 valence electrons. The molecule has 0 aliphatic rings. The molecule has 0 spiro atoms. The number of halogens is 4. The van der Waals surface area contributed by atoms with Gasteiger partial charge in [0.25, 0.3) is 5.56 Å². The molecule has 0 aliphatic carbocycles. The summed E-state index contributed by atoms with van der Waals surface area (Å²) in [5.74, 6) is -0.559. The summed E-state index contributed by atoms with van der Waals surface area (Å²) in [6, 6.07) is 5.06. The van der Waals surface area contributed by atoms with Gasteiger partial charge in [0, 0.05) is 16.2 Å². The Morgan fingerprint density at radius 1 is 1.11 bits per heavy atom. The second-order valence-corrected chi connectivity index (χ2v) is 6.69. The zero-order chi connectivity index (χ0) is 20.5. The molecule has 3 aromatic rings. The van der Waals surface area contributed by atoms with Gasteiger partial charge in [-0.25, -0.2) is 9.18 Å². The first-order chi connectivity index (χ1) is 13.2. The van der Waals surface area contributed by atoms with Crippen LogP contribution in [-0.2, 0) is 6.18 Å². The van der Waals surface area contributed by atoms with Crippen molar-refractivity contribution in [1.29, 1.82) is 0 Å². The maximum Gasteiger partial charge on any atom is 0.417 e. The number of alkyl halides is 3.